The topological polar surface area (TPSA) is 44.8 Å². The van der Waals surface area contributed by atoms with Crippen LogP contribution in [0.3, 0.4) is 0 Å². The van der Waals surface area contributed by atoms with Crippen molar-refractivity contribution in [3.63, 3.8) is 0 Å². The molecule has 0 aliphatic rings. The SMILES string of the molecule is CCOC(=O)C(Oc1ccc(OCC=C(C)c2ccc(-c3ccccc3)cc2)cc1)C(C)C. The third-order valence-corrected chi connectivity index (χ3v) is 5.30. The van der Waals surface area contributed by atoms with Crippen molar-refractivity contribution in [2.75, 3.05) is 13.2 Å². The molecule has 0 saturated heterocycles. The van der Waals surface area contributed by atoms with Crippen molar-refractivity contribution < 1.29 is 19.0 Å². The fraction of sp³-hybridized carbons (Fsp3) is 0.276. The third-order valence-electron chi connectivity index (χ3n) is 5.30. The first-order valence-electron chi connectivity index (χ1n) is 11.4. The van der Waals surface area contributed by atoms with E-state index in [0.29, 0.717) is 19.0 Å². The highest BCUT2D eigenvalue weighted by Crippen LogP contribution is 2.23. The van der Waals surface area contributed by atoms with Gasteiger partial charge in [-0.05, 0) is 66.5 Å². The monoisotopic (exact) mass is 444 g/mol. The predicted octanol–water partition coefficient (Wildman–Crippen LogP) is 6.80. The predicted molar refractivity (Wildman–Crippen MR) is 133 cm³/mol. The molecule has 4 nitrogen and oxygen atoms in total. The minimum absolute atomic E-state index is 0.00912. The number of esters is 1. The highest BCUT2D eigenvalue weighted by Gasteiger charge is 2.25. The zero-order valence-electron chi connectivity index (χ0n) is 19.8. The fourth-order valence-electron chi connectivity index (χ4n) is 3.38. The molecule has 0 bridgehead atoms. The minimum Gasteiger partial charge on any atom is -0.490 e. The summed E-state index contributed by atoms with van der Waals surface area (Å²) < 4.78 is 16.8. The Bertz CT molecular complexity index is 1040. The van der Waals surface area contributed by atoms with Gasteiger partial charge in [0.25, 0.3) is 0 Å². The van der Waals surface area contributed by atoms with Crippen molar-refractivity contribution in [2.24, 2.45) is 5.92 Å². The maximum Gasteiger partial charge on any atom is 0.347 e. The Morgan fingerprint density at radius 3 is 2.06 bits per heavy atom. The lowest BCUT2D eigenvalue weighted by Gasteiger charge is -2.20. The zero-order valence-corrected chi connectivity index (χ0v) is 19.8. The van der Waals surface area contributed by atoms with Crippen molar-refractivity contribution in [1.29, 1.82) is 0 Å². The summed E-state index contributed by atoms with van der Waals surface area (Å²) >= 11 is 0. The van der Waals surface area contributed by atoms with Crippen LogP contribution in [0.4, 0.5) is 0 Å². The average molecular weight is 445 g/mol. The molecule has 0 fully saturated rings. The number of rotatable bonds is 10. The molecule has 3 aromatic carbocycles. The quantitative estimate of drug-likeness (QED) is 0.323. The van der Waals surface area contributed by atoms with E-state index in [4.69, 9.17) is 14.2 Å². The lowest BCUT2D eigenvalue weighted by molar-refractivity contribution is -0.153. The van der Waals surface area contributed by atoms with E-state index < -0.39 is 6.10 Å². The van der Waals surface area contributed by atoms with Gasteiger partial charge in [-0.25, -0.2) is 4.79 Å². The Morgan fingerprint density at radius 1 is 0.848 bits per heavy atom. The van der Waals surface area contributed by atoms with E-state index in [1.807, 2.05) is 56.3 Å². The number of ether oxygens (including phenoxy) is 3. The van der Waals surface area contributed by atoms with Crippen LogP contribution in [-0.4, -0.2) is 25.3 Å². The van der Waals surface area contributed by atoms with Crippen molar-refractivity contribution in [3.8, 4) is 22.6 Å². The Kier molecular flexibility index (Phi) is 8.71. The second-order valence-corrected chi connectivity index (χ2v) is 8.15. The highest BCUT2D eigenvalue weighted by atomic mass is 16.6. The molecule has 0 amide bonds. The number of hydrogen-bond donors (Lipinski definition) is 0. The molecular formula is C29H32O4. The van der Waals surface area contributed by atoms with Gasteiger partial charge in [0.1, 0.15) is 18.1 Å². The van der Waals surface area contributed by atoms with Gasteiger partial charge < -0.3 is 14.2 Å². The molecule has 3 rings (SSSR count). The maximum atomic E-state index is 12.1. The van der Waals surface area contributed by atoms with Crippen LogP contribution in [0, 0.1) is 5.92 Å². The first-order chi connectivity index (χ1) is 16.0. The minimum atomic E-state index is -0.629. The molecule has 1 atom stereocenters. The van der Waals surface area contributed by atoms with Crippen molar-refractivity contribution in [3.05, 3.63) is 90.5 Å². The molecule has 4 heteroatoms. The Balaban J connectivity index is 1.55. The summed E-state index contributed by atoms with van der Waals surface area (Å²) in [7, 11) is 0. The van der Waals surface area contributed by atoms with Crippen LogP contribution in [0.25, 0.3) is 16.7 Å². The molecule has 33 heavy (non-hydrogen) atoms. The second-order valence-electron chi connectivity index (χ2n) is 8.15. The Labute approximate surface area is 196 Å². The van der Waals surface area contributed by atoms with E-state index in [1.54, 1.807) is 6.92 Å². The van der Waals surface area contributed by atoms with Crippen LogP contribution in [0.1, 0.15) is 33.3 Å². The van der Waals surface area contributed by atoms with Crippen LogP contribution in [0.2, 0.25) is 0 Å². The maximum absolute atomic E-state index is 12.1. The summed E-state index contributed by atoms with van der Waals surface area (Å²) in [6, 6.07) is 26.2. The van der Waals surface area contributed by atoms with Crippen molar-refractivity contribution in [2.45, 2.75) is 33.8 Å². The smallest absolute Gasteiger partial charge is 0.347 e. The molecule has 0 radical (unpaired) electrons. The number of benzene rings is 3. The van der Waals surface area contributed by atoms with Gasteiger partial charge in [0.05, 0.1) is 6.61 Å². The molecular weight excluding hydrogens is 412 g/mol. The van der Waals surface area contributed by atoms with Crippen LogP contribution in [-0.2, 0) is 9.53 Å². The lowest BCUT2D eigenvalue weighted by atomic mass is 10.0. The molecule has 0 heterocycles. The van der Waals surface area contributed by atoms with E-state index in [1.165, 1.54) is 16.7 Å². The second kappa shape index (κ2) is 11.9. The Hall–Kier alpha value is -3.53. The van der Waals surface area contributed by atoms with Gasteiger partial charge in [-0.15, -0.1) is 0 Å². The first kappa shape index (κ1) is 24.1. The van der Waals surface area contributed by atoms with E-state index in [-0.39, 0.29) is 11.9 Å². The summed E-state index contributed by atoms with van der Waals surface area (Å²) in [5.41, 5.74) is 4.74. The molecule has 0 aliphatic heterocycles. The molecule has 3 aromatic rings. The largest absolute Gasteiger partial charge is 0.490 e. The highest BCUT2D eigenvalue weighted by molar-refractivity contribution is 5.75. The van der Waals surface area contributed by atoms with Gasteiger partial charge in [0.2, 0.25) is 0 Å². The summed E-state index contributed by atoms with van der Waals surface area (Å²) in [6.45, 7) is 8.54. The fourth-order valence-corrected chi connectivity index (χ4v) is 3.38. The van der Waals surface area contributed by atoms with Crippen molar-refractivity contribution in [1.82, 2.24) is 0 Å². The summed E-state index contributed by atoms with van der Waals surface area (Å²) in [6.07, 6.45) is 1.44. The van der Waals surface area contributed by atoms with Gasteiger partial charge >= 0.3 is 5.97 Å². The zero-order chi connectivity index (χ0) is 23.6. The first-order valence-corrected chi connectivity index (χ1v) is 11.4. The number of hydrogen-bond acceptors (Lipinski definition) is 4. The van der Waals surface area contributed by atoms with E-state index in [9.17, 15) is 4.79 Å². The van der Waals surface area contributed by atoms with Crippen LogP contribution < -0.4 is 9.47 Å². The van der Waals surface area contributed by atoms with Gasteiger partial charge in [-0.2, -0.15) is 0 Å². The number of carbonyl (C=O) groups is 1. The van der Waals surface area contributed by atoms with E-state index >= 15 is 0 Å². The number of carbonyl (C=O) groups excluding carboxylic acids is 1. The van der Waals surface area contributed by atoms with Crippen molar-refractivity contribution >= 4 is 11.5 Å². The summed E-state index contributed by atoms with van der Waals surface area (Å²) in [4.78, 5) is 12.1. The third kappa shape index (κ3) is 6.98. The van der Waals surface area contributed by atoms with Crippen LogP contribution >= 0.6 is 0 Å². The summed E-state index contributed by atoms with van der Waals surface area (Å²) in [5.74, 6) is 1.02. The normalized spacial score (nSPS) is 12.3. The molecule has 172 valence electrons. The van der Waals surface area contributed by atoms with Crippen LogP contribution in [0.15, 0.2) is 84.9 Å². The molecule has 0 aromatic heterocycles. The van der Waals surface area contributed by atoms with Crippen LogP contribution in [0.5, 0.6) is 11.5 Å². The van der Waals surface area contributed by atoms with E-state index in [0.717, 1.165) is 11.3 Å². The van der Waals surface area contributed by atoms with Gasteiger partial charge in [0, 0.05) is 5.92 Å². The molecule has 0 spiro atoms. The van der Waals surface area contributed by atoms with E-state index in [2.05, 4.69) is 49.4 Å². The Morgan fingerprint density at radius 2 is 1.45 bits per heavy atom. The lowest BCUT2D eigenvalue weighted by Crippen LogP contribution is -2.34. The van der Waals surface area contributed by atoms with Gasteiger partial charge in [-0.3, -0.25) is 0 Å². The molecule has 0 saturated carbocycles. The molecule has 1 unspecified atom stereocenters. The molecule has 0 aliphatic carbocycles. The summed E-state index contributed by atoms with van der Waals surface area (Å²) in [5, 5.41) is 0. The standard InChI is InChI=1S/C29H32O4/c1-5-31-29(30)28(21(2)3)33-27-17-15-26(16-18-27)32-20-19-22(4)23-11-13-25(14-12-23)24-9-7-6-8-10-24/h6-19,21,28H,5,20H2,1-4H3. The average Bonchev–Trinajstić information content (AvgIpc) is 2.84. The van der Waals surface area contributed by atoms with Gasteiger partial charge in [0.15, 0.2) is 6.10 Å². The van der Waals surface area contributed by atoms with Gasteiger partial charge in [-0.1, -0.05) is 68.4 Å². The molecule has 0 N–H and O–H groups in total. The number of allylic oxidation sites excluding steroid dienone is 1.